The van der Waals surface area contributed by atoms with Gasteiger partial charge in [-0.05, 0) is 64.4 Å². The number of rotatable bonds is 1. The van der Waals surface area contributed by atoms with Crippen molar-refractivity contribution in [1.29, 1.82) is 0 Å². The van der Waals surface area contributed by atoms with E-state index in [1.54, 1.807) is 17.3 Å². The number of primary amides is 1. The molecule has 3 nitrogen and oxygen atoms in total. The summed E-state index contributed by atoms with van der Waals surface area (Å²) in [5.74, 6) is -0.396. The van der Waals surface area contributed by atoms with E-state index in [4.69, 9.17) is 5.73 Å². The number of carbonyl (C=O) groups excluding carboxylic acids is 1. The van der Waals surface area contributed by atoms with Crippen LogP contribution in [0.2, 0.25) is 0 Å². The van der Waals surface area contributed by atoms with Crippen molar-refractivity contribution in [2.24, 2.45) is 5.73 Å². The second-order valence-electron chi connectivity index (χ2n) is 7.90. The van der Waals surface area contributed by atoms with Crippen molar-refractivity contribution < 1.29 is 4.79 Å². The summed E-state index contributed by atoms with van der Waals surface area (Å²) in [5.41, 5.74) is 9.82. The molecule has 1 aliphatic rings. The van der Waals surface area contributed by atoms with Gasteiger partial charge < -0.3 is 10.7 Å². The van der Waals surface area contributed by atoms with E-state index in [9.17, 15) is 4.79 Å². The summed E-state index contributed by atoms with van der Waals surface area (Å²) in [5, 5.41) is 6.52. The van der Waals surface area contributed by atoms with Gasteiger partial charge in [-0.1, -0.05) is 66.7 Å². The predicted molar refractivity (Wildman–Crippen MR) is 125 cm³/mol. The Morgan fingerprint density at radius 2 is 1.47 bits per heavy atom. The van der Waals surface area contributed by atoms with Crippen LogP contribution in [0.3, 0.4) is 0 Å². The van der Waals surface area contributed by atoms with Crippen LogP contribution >= 0.6 is 0 Å². The van der Waals surface area contributed by atoms with Gasteiger partial charge in [-0.3, -0.25) is 4.79 Å². The third-order valence-corrected chi connectivity index (χ3v) is 6.11. The van der Waals surface area contributed by atoms with Crippen molar-refractivity contribution in [1.82, 2.24) is 4.98 Å². The molecule has 1 aliphatic carbocycles. The molecule has 3 N–H and O–H groups in total. The molecule has 0 saturated carbocycles. The zero-order chi connectivity index (χ0) is 20.5. The van der Waals surface area contributed by atoms with E-state index in [0.29, 0.717) is 5.56 Å². The van der Waals surface area contributed by atoms with Gasteiger partial charge in [-0.15, -0.1) is 0 Å². The normalized spacial score (nSPS) is 13.1. The number of aryl methyl sites for hydroxylation is 2. The van der Waals surface area contributed by atoms with Crippen molar-refractivity contribution in [2.45, 2.75) is 25.7 Å². The third kappa shape index (κ3) is 3.22. The lowest BCUT2D eigenvalue weighted by Crippen LogP contribution is -2.09. The van der Waals surface area contributed by atoms with Crippen LogP contribution in [0.15, 0.2) is 79.0 Å². The minimum atomic E-state index is -0.396. The predicted octanol–water partition coefficient (Wildman–Crippen LogP) is 6.14. The second-order valence-corrected chi connectivity index (χ2v) is 7.90. The summed E-state index contributed by atoms with van der Waals surface area (Å²) in [6.45, 7) is 0. The molecule has 1 heterocycles. The number of carbonyl (C=O) groups is 1. The topological polar surface area (TPSA) is 58.9 Å². The smallest absolute Gasteiger partial charge is 0.250 e. The van der Waals surface area contributed by atoms with Gasteiger partial charge in [0.15, 0.2) is 0 Å². The number of hydrogen-bond donors (Lipinski definition) is 2. The second kappa shape index (κ2) is 7.68. The monoisotopic (exact) mass is 392 g/mol. The van der Waals surface area contributed by atoms with E-state index in [2.05, 4.69) is 53.5 Å². The first-order chi connectivity index (χ1) is 14.7. The van der Waals surface area contributed by atoms with Crippen LogP contribution in [0.5, 0.6) is 0 Å². The van der Waals surface area contributed by atoms with Crippen LogP contribution < -0.4 is 5.73 Å². The highest BCUT2D eigenvalue weighted by Gasteiger charge is 2.13. The van der Waals surface area contributed by atoms with E-state index in [-0.39, 0.29) is 0 Å². The van der Waals surface area contributed by atoms with Crippen molar-refractivity contribution in [3.63, 3.8) is 0 Å². The molecule has 0 aliphatic heterocycles. The molecule has 1 aromatic heterocycles. The zero-order valence-corrected chi connectivity index (χ0v) is 16.8. The molecule has 0 spiro atoms. The minimum absolute atomic E-state index is 0.396. The summed E-state index contributed by atoms with van der Waals surface area (Å²) in [7, 11) is 0. The van der Waals surface area contributed by atoms with Gasteiger partial charge in [0.2, 0.25) is 0 Å². The molecule has 6 rings (SSSR count). The Labute approximate surface area is 175 Å². The summed E-state index contributed by atoms with van der Waals surface area (Å²) in [6.07, 6.45) is 6.85. The van der Waals surface area contributed by atoms with Gasteiger partial charge >= 0.3 is 0 Å². The number of aromatic nitrogens is 1. The van der Waals surface area contributed by atoms with Crippen molar-refractivity contribution in [2.75, 3.05) is 0 Å². The molecule has 0 bridgehead atoms. The highest BCUT2D eigenvalue weighted by molar-refractivity contribution is 6.09. The quantitative estimate of drug-likeness (QED) is 0.331. The number of nitrogens with two attached hydrogens (primary N) is 1. The Bertz CT molecular complexity index is 1380. The van der Waals surface area contributed by atoms with Gasteiger partial charge in [0, 0.05) is 17.1 Å². The maximum Gasteiger partial charge on any atom is 0.250 e. The fourth-order valence-corrected chi connectivity index (χ4v) is 4.62. The largest absolute Gasteiger partial charge is 0.366 e. The molecule has 0 unspecified atom stereocenters. The Balaban J connectivity index is 0.000000140. The van der Waals surface area contributed by atoms with Crippen LogP contribution in [0, 0.1) is 0 Å². The molecule has 30 heavy (non-hydrogen) atoms. The van der Waals surface area contributed by atoms with E-state index < -0.39 is 5.91 Å². The minimum Gasteiger partial charge on any atom is -0.366 e. The van der Waals surface area contributed by atoms with Gasteiger partial charge in [0.05, 0.1) is 5.56 Å². The Hall–Kier alpha value is -3.59. The number of H-pyrrole nitrogens is 1. The average molecular weight is 393 g/mol. The maximum absolute atomic E-state index is 10.9. The van der Waals surface area contributed by atoms with Gasteiger partial charge in [0.25, 0.3) is 5.91 Å². The van der Waals surface area contributed by atoms with E-state index in [1.165, 1.54) is 47.2 Å². The van der Waals surface area contributed by atoms with Gasteiger partial charge in [0.1, 0.15) is 0 Å². The van der Waals surface area contributed by atoms with Crippen molar-refractivity contribution >= 4 is 38.4 Å². The highest BCUT2D eigenvalue weighted by atomic mass is 16.1. The zero-order valence-electron chi connectivity index (χ0n) is 16.8. The van der Waals surface area contributed by atoms with E-state index >= 15 is 0 Å². The number of benzene rings is 4. The Morgan fingerprint density at radius 1 is 0.733 bits per heavy atom. The molecule has 0 atom stereocenters. The molecule has 3 heteroatoms. The number of aromatic amines is 1. The highest BCUT2D eigenvalue weighted by Crippen LogP contribution is 2.33. The fraction of sp³-hybridized carbons (Fsp3) is 0.148. The average Bonchev–Trinajstić information content (AvgIpc) is 3.24. The number of fused-ring (bicyclic) bond motifs is 6. The standard InChI is InChI=1S/C18H16.C9H8N2O/c1-3-7-15-13(5-1)9-11-18-16-8-4-2-6-14(16)10-12-17(15)18;10-9(12)7-5-11-8-4-2-1-3-6(7)8/h1,3,5,7,9-12H,2,4,6,8H2;1-5,11H,(H2,10,12). The fourth-order valence-electron chi connectivity index (χ4n) is 4.62. The Kier molecular flexibility index (Phi) is 4.72. The summed E-state index contributed by atoms with van der Waals surface area (Å²) in [6, 6.07) is 25.5. The van der Waals surface area contributed by atoms with Crippen LogP contribution in [0.25, 0.3) is 32.4 Å². The first-order valence-corrected chi connectivity index (χ1v) is 10.5. The first kappa shape index (κ1) is 18.4. The molecule has 0 radical (unpaired) electrons. The van der Waals surface area contributed by atoms with E-state index in [0.717, 1.165) is 10.9 Å². The lowest BCUT2D eigenvalue weighted by molar-refractivity contribution is 0.100. The SMILES string of the molecule is NC(=O)c1c[nH]c2ccccc12.c1ccc2c(c1)ccc1c3c(ccc12)CCCC3. The number of hydrogen-bond acceptors (Lipinski definition) is 1. The summed E-state index contributed by atoms with van der Waals surface area (Å²) in [4.78, 5) is 13.8. The molecule has 0 fully saturated rings. The van der Waals surface area contributed by atoms with Crippen LogP contribution in [0.1, 0.15) is 34.3 Å². The number of amides is 1. The molecule has 148 valence electrons. The lowest BCUT2D eigenvalue weighted by Gasteiger charge is -2.18. The van der Waals surface area contributed by atoms with Gasteiger partial charge in [-0.2, -0.15) is 0 Å². The Morgan fingerprint density at radius 3 is 2.33 bits per heavy atom. The number of nitrogens with one attached hydrogen (secondary N) is 1. The maximum atomic E-state index is 10.9. The van der Waals surface area contributed by atoms with Crippen LogP contribution in [-0.4, -0.2) is 10.9 Å². The van der Waals surface area contributed by atoms with Gasteiger partial charge in [-0.25, -0.2) is 0 Å². The van der Waals surface area contributed by atoms with Crippen molar-refractivity contribution in [3.05, 3.63) is 95.7 Å². The van der Waals surface area contributed by atoms with Crippen LogP contribution in [0.4, 0.5) is 0 Å². The molecule has 5 aromatic rings. The molecule has 4 aromatic carbocycles. The van der Waals surface area contributed by atoms with E-state index in [1.807, 2.05) is 24.3 Å². The summed E-state index contributed by atoms with van der Waals surface area (Å²) < 4.78 is 0. The third-order valence-electron chi connectivity index (χ3n) is 6.11. The molecular weight excluding hydrogens is 368 g/mol. The lowest BCUT2D eigenvalue weighted by atomic mass is 9.86. The van der Waals surface area contributed by atoms with Crippen LogP contribution in [-0.2, 0) is 12.8 Å². The molecule has 1 amide bonds. The number of para-hydroxylation sites is 1. The molecule has 0 saturated heterocycles. The summed E-state index contributed by atoms with van der Waals surface area (Å²) >= 11 is 0. The first-order valence-electron chi connectivity index (χ1n) is 10.5. The van der Waals surface area contributed by atoms with Crippen molar-refractivity contribution in [3.8, 4) is 0 Å². The molecular formula is C27H24N2O.